The van der Waals surface area contributed by atoms with Gasteiger partial charge in [-0.15, -0.1) is 0 Å². The monoisotopic (exact) mass is 217 g/mol. The van der Waals surface area contributed by atoms with Crippen molar-refractivity contribution in [1.82, 2.24) is 0 Å². The van der Waals surface area contributed by atoms with Crippen LogP contribution in [0.3, 0.4) is 0 Å². The fourth-order valence-electron chi connectivity index (χ4n) is 1.77. The minimum absolute atomic E-state index is 0.934. The number of aliphatic carboxylic acids is 1. The van der Waals surface area contributed by atoms with Gasteiger partial charge in [0.25, 0.3) is 0 Å². The number of carboxylic acids is 1. The van der Waals surface area contributed by atoms with Gasteiger partial charge in [0.1, 0.15) is 0 Å². The van der Waals surface area contributed by atoms with Crippen molar-refractivity contribution < 1.29 is 19.5 Å². The molecule has 0 atom stereocenters. The second-order valence-corrected chi connectivity index (χ2v) is 3.90. The molecule has 0 aromatic heterocycles. The molecule has 15 heavy (non-hydrogen) atoms. The molecule has 1 aliphatic heterocycles. The van der Waals surface area contributed by atoms with Gasteiger partial charge < -0.3 is 19.5 Å². The van der Waals surface area contributed by atoms with Crippen LogP contribution in [0.15, 0.2) is 0 Å². The second kappa shape index (κ2) is 9.93. The number of hydrogen-bond acceptors (Lipinski definition) is 3. The van der Waals surface area contributed by atoms with Crippen molar-refractivity contribution in [2.75, 3.05) is 33.4 Å². The first-order valence-electron chi connectivity index (χ1n) is 5.67. The SMILES string of the molecule is CC(=O)[O-].COCCC[NH+]1CCCCC1. The normalized spacial score (nSPS) is 16.7. The fraction of sp³-hybridized carbons (Fsp3) is 0.909. The molecule has 4 heteroatoms. The van der Waals surface area contributed by atoms with Gasteiger partial charge >= 0.3 is 0 Å². The lowest BCUT2D eigenvalue weighted by Crippen LogP contribution is -3.12. The van der Waals surface area contributed by atoms with Crippen LogP contribution < -0.4 is 10.0 Å². The van der Waals surface area contributed by atoms with E-state index in [1.165, 1.54) is 45.3 Å². The molecule has 0 aromatic carbocycles. The molecular formula is C11H23NO3. The van der Waals surface area contributed by atoms with E-state index < -0.39 is 5.97 Å². The molecule has 4 nitrogen and oxygen atoms in total. The standard InChI is InChI=1S/C9H19NO.C2H4O2/c1-11-9-5-8-10-6-3-2-4-7-10;1-2(3)4/h2-9H2,1H3;1H3,(H,3,4). The van der Waals surface area contributed by atoms with Crippen LogP contribution in [-0.4, -0.2) is 39.3 Å². The Morgan fingerprint density at radius 2 is 1.87 bits per heavy atom. The van der Waals surface area contributed by atoms with Crippen molar-refractivity contribution in [2.45, 2.75) is 32.6 Å². The second-order valence-electron chi connectivity index (χ2n) is 3.90. The number of quaternary nitrogens is 1. The van der Waals surface area contributed by atoms with Crippen LogP contribution in [0.2, 0.25) is 0 Å². The third kappa shape index (κ3) is 11.3. The molecule has 1 aliphatic rings. The smallest absolute Gasteiger partial charge is 0.0793 e. The van der Waals surface area contributed by atoms with Gasteiger partial charge in [0.15, 0.2) is 0 Å². The number of ether oxygens (including phenoxy) is 1. The summed E-state index contributed by atoms with van der Waals surface area (Å²) in [5.41, 5.74) is 0. The Morgan fingerprint density at radius 3 is 2.33 bits per heavy atom. The molecule has 0 aromatic rings. The molecule has 1 saturated heterocycles. The van der Waals surface area contributed by atoms with Gasteiger partial charge in [-0.1, -0.05) is 0 Å². The number of carbonyl (C=O) groups is 1. The number of carboxylic acid groups (broad SMARTS) is 1. The van der Waals surface area contributed by atoms with Crippen molar-refractivity contribution in [3.63, 3.8) is 0 Å². The molecule has 1 heterocycles. The Labute approximate surface area is 92.2 Å². The maximum absolute atomic E-state index is 8.89. The van der Waals surface area contributed by atoms with Gasteiger partial charge in [0, 0.05) is 19.5 Å². The first kappa shape index (κ1) is 14.4. The van der Waals surface area contributed by atoms with Crippen molar-refractivity contribution in [1.29, 1.82) is 0 Å². The van der Waals surface area contributed by atoms with E-state index in [2.05, 4.69) is 0 Å². The molecule has 0 radical (unpaired) electrons. The minimum atomic E-state index is -1.08. The molecule has 0 bridgehead atoms. The molecular weight excluding hydrogens is 194 g/mol. The van der Waals surface area contributed by atoms with Crippen LogP contribution in [0.5, 0.6) is 0 Å². The summed E-state index contributed by atoms with van der Waals surface area (Å²) in [6, 6.07) is 0. The largest absolute Gasteiger partial charge is 0.550 e. The number of rotatable bonds is 4. The summed E-state index contributed by atoms with van der Waals surface area (Å²) < 4.78 is 5.02. The number of carbonyl (C=O) groups excluding carboxylic acids is 1. The molecule has 0 amide bonds. The van der Waals surface area contributed by atoms with E-state index in [1.54, 1.807) is 12.0 Å². The van der Waals surface area contributed by atoms with E-state index in [0.717, 1.165) is 13.5 Å². The molecule has 0 unspecified atom stereocenters. The topological polar surface area (TPSA) is 53.8 Å². The predicted molar refractivity (Wildman–Crippen MR) is 56.6 cm³/mol. The zero-order valence-electron chi connectivity index (χ0n) is 9.88. The quantitative estimate of drug-likeness (QED) is 0.605. The lowest BCUT2D eigenvalue weighted by atomic mass is 10.1. The zero-order valence-corrected chi connectivity index (χ0v) is 9.88. The highest BCUT2D eigenvalue weighted by Crippen LogP contribution is 1.94. The van der Waals surface area contributed by atoms with Gasteiger partial charge in [0.2, 0.25) is 0 Å². The van der Waals surface area contributed by atoms with Gasteiger partial charge in [-0.3, -0.25) is 0 Å². The van der Waals surface area contributed by atoms with E-state index >= 15 is 0 Å². The lowest BCUT2D eigenvalue weighted by molar-refractivity contribution is -0.905. The zero-order chi connectivity index (χ0) is 11.5. The summed E-state index contributed by atoms with van der Waals surface area (Å²) in [5, 5.41) is 8.89. The molecule has 1 rings (SSSR count). The molecule has 0 spiro atoms. The van der Waals surface area contributed by atoms with E-state index in [-0.39, 0.29) is 0 Å². The van der Waals surface area contributed by atoms with Crippen LogP contribution >= 0.6 is 0 Å². The predicted octanol–water partition coefficient (Wildman–Crippen LogP) is -1.15. The molecule has 90 valence electrons. The molecule has 1 fully saturated rings. The Morgan fingerprint density at radius 1 is 1.33 bits per heavy atom. The van der Waals surface area contributed by atoms with E-state index in [4.69, 9.17) is 14.6 Å². The van der Waals surface area contributed by atoms with Gasteiger partial charge in [-0.25, -0.2) is 0 Å². The van der Waals surface area contributed by atoms with Crippen LogP contribution in [0, 0.1) is 0 Å². The average Bonchev–Trinajstić information content (AvgIpc) is 2.19. The Hall–Kier alpha value is -0.610. The van der Waals surface area contributed by atoms with Gasteiger partial charge in [-0.05, 0) is 26.2 Å². The number of nitrogens with one attached hydrogen (secondary N) is 1. The van der Waals surface area contributed by atoms with E-state index in [1.807, 2.05) is 0 Å². The summed E-state index contributed by atoms with van der Waals surface area (Å²) in [6.07, 6.45) is 5.55. The number of piperidine rings is 1. The van der Waals surface area contributed by atoms with Crippen molar-refractivity contribution in [3.8, 4) is 0 Å². The van der Waals surface area contributed by atoms with Crippen LogP contribution in [0.1, 0.15) is 32.6 Å². The van der Waals surface area contributed by atoms with E-state index in [9.17, 15) is 0 Å². The Kier molecular flexibility index (Phi) is 9.52. The third-order valence-corrected chi connectivity index (χ3v) is 2.44. The van der Waals surface area contributed by atoms with Crippen molar-refractivity contribution in [3.05, 3.63) is 0 Å². The first-order valence-corrected chi connectivity index (χ1v) is 5.67. The molecule has 0 aliphatic carbocycles. The summed E-state index contributed by atoms with van der Waals surface area (Å²) in [4.78, 5) is 10.7. The summed E-state index contributed by atoms with van der Waals surface area (Å²) >= 11 is 0. The van der Waals surface area contributed by atoms with Crippen LogP contribution in [0.25, 0.3) is 0 Å². The van der Waals surface area contributed by atoms with Crippen molar-refractivity contribution >= 4 is 5.97 Å². The van der Waals surface area contributed by atoms with Crippen LogP contribution in [0.4, 0.5) is 0 Å². The maximum Gasteiger partial charge on any atom is 0.0793 e. The highest BCUT2D eigenvalue weighted by atomic mass is 16.5. The number of hydrogen-bond donors (Lipinski definition) is 1. The van der Waals surface area contributed by atoms with Crippen LogP contribution in [-0.2, 0) is 9.53 Å². The Balaban J connectivity index is 0.000000423. The van der Waals surface area contributed by atoms with Gasteiger partial charge in [-0.2, -0.15) is 0 Å². The molecule has 1 N–H and O–H groups in total. The Bertz CT molecular complexity index is 152. The third-order valence-electron chi connectivity index (χ3n) is 2.44. The summed E-state index contributed by atoms with van der Waals surface area (Å²) in [7, 11) is 1.78. The number of methoxy groups -OCH3 is 1. The van der Waals surface area contributed by atoms with Crippen molar-refractivity contribution in [2.24, 2.45) is 0 Å². The van der Waals surface area contributed by atoms with E-state index in [0.29, 0.717) is 0 Å². The summed E-state index contributed by atoms with van der Waals surface area (Å²) in [5.74, 6) is -1.08. The minimum Gasteiger partial charge on any atom is -0.550 e. The fourth-order valence-corrected chi connectivity index (χ4v) is 1.77. The van der Waals surface area contributed by atoms with Gasteiger partial charge in [0.05, 0.1) is 26.2 Å². The summed E-state index contributed by atoms with van der Waals surface area (Å²) in [6.45, 7) is 6.00. The number of likely N-dealkylation sites (tertiary alicyclic amines) is 1. The maximum atomic E-state index is 8.89. The molecule has 0 saturated carbocycles. The highest BCUT2D eigenvalue weighted by molar-refractivity contribution is 5.60. The average molecular weight is 217 g/mol. The highest BCUT2D eigenvalue weighted by Gasteiger charge is 2.11. The first-order chi connectivity index (χ1) is 7.16. The lowest BCUT2D eigenvalue weighted by Gasteiger charge is -2.23.